The molecule has 0 amide bonds. The number of aromatic hydroxyl groups is 1. The molecule has 1 aliphatic rings. The van der Waals surface area contributed by atoms with Gasteiger partial charge in [-0.25, -0.2) is 9.59 Å². The van der Waals surface area contributed by atoms with Crippen molar-refractivity contribution < 1.29 is 50.4 Å². The molecule has 0 heterocycles. The van der Waals surface area contributed by atoms with E-state index in [1.807, 2.05) is 0 Å². The SMILES string of the molecule is O=C(O)C1=CC(O)(O)C(O)(O)C(O)=C1.O=C(O)c1cccc(O)c1. The van der Waals surface area contributed by atoms with Crippen LogP contribution in [0.1, 0.15) is 10.4 Å². The van der Waals surface area contributed by atoms with Crippen molar-refractivity contribution >= 4 is 11.9 Å². The molecule has 0 aliphatic heterocycles. The summed E-state index contributed by atoms with van der Waals surface area (Å²) in [6.07, 6.45) is 0.808. The average Bonchev–Trinajstić information content (AvgIpc) is 2.45. The third kappa shape index (κ3) is 4.08. The highest BCUT2D eigenvalue weighted by molar-refractivity contribution is 5.90. The van der Waals surface area contributed by atoms with Gasteiger partial charge in [-0.05, 0) is 30.4 Å². The van der Waals surface area contributed by atoms with Crippen LogP contribution in [0.15, 0.2) is 47.7 Å². The van der Waals surface area contributed by atoms with Crippen LogP contribution in [0, 0.1) is 0 Å². The van der Waals surface area contributed by atoms with Gasteiger partial charge in [-0.2, -0.15) is 0 Å². The van der Waals surface area contributed by atoms with Gasteiger partial charge in [-0.15, -0.1) is 0 Å². The third-order valence-corrected chi connectivity index (χ3v) is 2.86. The van der Waals surface area contributed by atoms with E-state index in [4.69, 9.17) is 40.9 Å². The second-order valence-electron chi connectivity index (χ2n) is 4.69. The molecule has 1 aliphatic carbocycles. The number of carboxylic acids is 2. The van der Waals surface area contributed by atoms with Gasteiger partial charge in [-0.3, -0.25) is 0 Å². The molecule has 2 rings (SSSR count). The molecule has 0 spiro atoms. The zero-order valence-electron chi connectivity index (χ0n) is 11.9. The summed E-state index contributed by atoms with van der Waals surface area (Å²) in [5, 5.41) is 70.5. The summed E-state index contributed by atoms with van der Waals surface area (Å²) >= 11 is 0. The van der Waals surface area contributed by atoms with Crippen LogP contribution in [0.4, 0.5) is 0 Å². The summed E-state index contributed by atoms with van der Waals surface area (Å²) in [4.78, 5) is 20.6. The molecule has 8 N–H and O–H groups in total. The van der Waals surface area contributed by atoms with E-state index < -0.39 is 34.8 Å². The van der Waals surface area contributed by atoms with Crippen LogP contribution in [-0.2, 0) is 4.79 Å². The standard InChI is InChI=1S/C7H8O7.C7H6O3/c8-4-1-3(5(9)10)2-6(11,12)7(4,13)14;8-6-3-1-2-5(4-6)7(9)10/h1-2,8,11-14H,(H,9,10);1-4,8H,(H,9,10). The number of benzene rings is 1. The number of aromatic carboxylic acids is 1. The lowest BCUT2D eigenvalue weighted by atomic mass is 9.94. The lowest BCUT2D eigenvalue weighted by Gasteiger charge is -2.34. The van der Waals surface area contributed by atoms with E-state index in [0.717, 1.165) is 0 Å². The smallest absolute Gasteiger partial charge is 0.335 e. The van der Waals surface area contributed by atoms with Gasteiger partial charge in [0, 0.05) is 0 Å². The first-order valence-electron chi connectivity index (χ1n) is 6.17. The Balaban J connectivity index is 0.000000254. The van der Waals surface area contributed by atoms with E-state index in [0.29, 0.717) is 12.2 Å². The molecule has 1 aromatic rings. The fraction of sp³-hybridized carbons (Fsp3) is 0.143. The molecule has 0 radical (unpaired) electrons. The molecule has 0 bridgehead atoms. The minimum Gasteiger partial charge on any atom is -0.508 e. The maximum absolute atomic E-state index is 10.4. The Hall–Kier alpha value is -2.92. The van der Waals surface area contributed by atoms with Crippen molar-refractivity contribution in [2.75, 3.05) is 0 Å². The number of hydrogen-bond donors (Lipinski definition) is 8. The van der Waals surface area contributed by atoms with Crippen LogP contribution < -0.4 is 0 Å². The molecule has 24 heavy (non-hydrogen) atoms. The minimum absolute atomic E-state index is 0.0279. The van der Waals surface area contributed by atoms with E-state index in [9.17, 15) is 9.59 Å². The maximum atomic E-state index is 10.4. The summed E-state index contributed by atoms with van der Waals surface area (Å²) in [6.45, 7) is 0. The summed E-state index contributed by atoms with van der Waals surface area (Å²) in [5.74, 6) is -10.4. The largest absolute Gasteiger partial charge is 0.508 e. The van der Waals surface area contributed by atoms with Gasteiger partial charge in [0.2, 0.25) is 5.79 Å². The zero-order chi connectivity index (χ0) is 18.7. The number of phenols is 1. The van der Waals surface area contributed by atoms with Crippen molar-refractivity contribution in [3.05, 3.63) is 53.3 Å². The van der Waals surface area contributed by atoms with Crippen molar-refractivity contribution in [2.45, 2.75) is 11.6 Å². The first-order chi connectivity index (χ1) is 10.9. The molecule has 0 fully saturated rings. The molecule has 10 nitrogen and oxygen atoms in total. The topological polar surface area (TPSA) is 196 Å². The number of carboxylic acid groups (broad SMARTS) is 2. The third-order valence-electron chi connectivity index (χ3n) is 2.86. The van der Waals surface area contributed by atoms with Crippen molar-refractivity contribution in [1.82, 2.24) is 0 Å². The molecule has 0 unspecified atom stereocenters. The van der Waals surface area contributed by atoms with Crippen molar-refractivity contribution in [3.63, 3.8) is 0 Å². The van der Waals surface area contributed by atoms with E-state index >= 15 is 0 Å². The monoisotopic (exact) mass is 342 g/mol. The summed E-state index contributed by atoms with van der Waals surface area (Å²) in [5.41, 5.74) is -0.564. The highest BCUT2D eigenvalue weighted by Crippen LogP contribution is 2.31. The first kappa shape index (κ1) is 19.1. The molecular weight excluding hydrogens is 328 g/mol. The highest BCUT2D eigenvalue weighted by Gasteiger charge is 2.52. The van der Waals surface area contributed by atoms with Gasteiger partial charge < -0.3 is 40.9 Å². The summed E-state index contributed by atoms with van der Waals surface area (Å²) in [7, 11) is 0. The van der Waals surface area contributed by atoms with Crippen LogP contribution in [-0.4, -0.2) is 64.4 Å². The van der Waals surface area contributed by atoms with Gasteiger partial charge in [0.25, 0.3) is 5.79 Å². The molecule has 0 saturated heterocycles. The molecule has 130 valence electrons. The average molecular weight is 342 g/mol. The van der Waals surface area contributed by atoms with E-state index in [-0.39, 0.29) is 11.3 Å². The van der Waals surface area contributed by atoms with E-state index in [1.165, 1.54) is 24.3 Å². The normalized spacial score (nSPS) is 17.7. The van der Waals surface area contributed by atoms with Gasteiger partial charge >= 0.3 is 11.9 Å². The minimum atomic E-state index is -3.31. The van der Waals surface area contributed by atoms with Crippen LogP contribution in [0.5, 0.6) is 5.75 Å². The van der Waals surface area contributed by atoms with Crippen molar-refractivity contribution in [3.8, 4) is 5.75 Å². The second kappa shape index (κ2) is 6.68. The zero-order valence-corrected chi connectivity index (χ0v) is 11.9. The highest BCUT2D eigenvalue weighted by atomic mass is 16.6. The van der Waals surface area contributed by atoms with Gasteiger partial charge in [-0.1, -0.05) is 6.07 Å². The predicted molar refractivity (Wildman–Crippen MR) is 75.8 cm³/mol. The molecule has 10 heteroatoms. The number of carbonyl (C=O) groups is 2. The lowest BCUT2D eigenvalue weighted by molar-refractivity contribution is -0.325. The van der Waals surface area contributed by atoms with Gasteiger partial charge in [0.05, 0.1) is 11.1 Å². The molecule has 0 atom stereocenters. The number of aliphatic hydroxyl groups is 5. The number of hydrogen-bond acceptors (Lipinski definition) is 8. The number of aliphatic hydroxyl groups excluding tert-OH is 1. The Morgan fingerprint density at radius 1 is 0.917 bits per heavy atom. The van der Waals surface area contributed by atoms with Gasteiger partial charge in [0.15, 0.2) is 5.76 Å². The number of aliphatic carboxylic acids is 1. The van der Waals surface area contributed by atoms with E-state index in [1.54, 1.807) is 0 Å². The van der Waals surface area contributed by atoms with Crippen molar-refractivity contribution in [1.29, 1.82) is 0 Å². The Morgan fingerprint density at radius 3 is 1.88 bits per heavy atom. The Labute approximate surface area is 134 Å². The maximum Gasteiger partial charge on any atom is 0.335 e. The fourth-order valence-corrected chi connectivity index (χ4v) is 1.56. The van der Waals surface area contributed by atoms with Crippen LogP contribution in [0.25, 0.3) is 0 Å². The molecule has 0 saturated carbocycles. The van der Waals surface area contributed by atoms with Crippen LogP contribution in [0.2, 0.25) is 0 Å². The fourth-order valence-electron chi connectivity index (χ4n) is 1.56. The Bertz CT molecular complexity index is 714. The van der Waals surface area contributed by atoms with Crippen molar-refractivity contribution in [2.24, 2.45) is 0 Å². The van der Waals surface area contributed by atoms with E-state index in [2.05, 4.69) is 0 Å². The second-order valence-corrected chi connectivity index (χ2v) is 4.69. The molecule has 1 aromatic carbocycles. The number of phenolic OH excluding ortho intramolecular Hbond substituents is 1. The van der Waals surface area contributed by atoms with Crippen LogP contribution >= 0.6 is 0 Å². The summed E-state index contributed by atoms with van der Waals surface area (Å²) < 4.78 is 0. The van der Waals surface area contributed by atoms with Gasteiger partial charge in [0.1, 0.15) is 5.75 Å². The molecular formula is C14H14O10. The quantitative estimate of drug-likeness (QED) is 0.306. The molecule has 0 aromatic heterocycles. The predicted octanol–water partition coefficient (Wildman–Crippen LogP) is -1.09. The Morgan fingerprint density at radius 2 is 1.50 bits per heavy atom. The lowest BCUT2D eigenvalue weighted by Crippen LogP contribution is -2.56. The Kier molecular flexibility index (Phi) is 5.32. The van der Waals surface area contributed by atoms with Crippen LogP contribution in [0.3, 0.4) is 0 Å². The number of rotatable bonds is 2. The summed E-state index contributed by atoms with van der Waals surface area (Å²) in [6, 6.07) is 5.52. The first-order valence-corrected chi connectivity index (χ1v) is 6.17.